The summed E-state index contributed by atoms with van der Waals surface area (Å²) in [7, 11) is 1.63. The van der Waals surface area contributed by atoms with Gasteiger partial charge in [-0.15, -0.1) is 10.2 Å². The Morgan fingerprint density at radius 1 is 1.21 bits per heavy atom. The number of amides is 1. The number of nitrogens with zero attached hydrogens (tertiary/aromatic N) is 3. The van der Waals surface area contributed by atoms with Gasteiger partial charge in [-0.3, -0.25) is 4.79 Å². The van der Waals surface area contributed by atoms with Gasteiger partial charge in [0.05, 0.1) is 24.6 Å². The van der Waals surface area contributed by atoms with Gasteiger partial charge in [-0.2, -0.15) is 0 Å². The Hall–Kier alpha value is -2.98. The zero-order chi connectivity index (χ0) is 22.6. The zero-order valence-electron chi connectivity index (χ0n) is 18.2. The number of likely N-dealkylation sites (tertiary alicyclic amines) is 1. The van der Waals surface area contributed by atoms with E-state index >= 15 is 0 Å². The number of thioether (sulfide) groups is 1. The maximum Gasteiger partial charge on any atom is 0.233 e. The molecule has 2 aliphatic heterocycles. The number of hydrogen-bond donors (Lipinski definition) is 1. The number of hydrogen-bond acceptors (Lipinski definition) is 9. The second-order valence-corrected chi connectivity index (χ2v) is 9.84. The van der Waals surface area contributed by atoms with Crippen molar-refractivity contribution in [2.24, 2.45) is 0 Å². The van der Waals surface area contributed by atoms with Gasteiger partial charge in [0.15, 0.2) is 15.8 Å². The van der Waals surface area contributed by atoms with E-state index < -0.39 is 0 Å². The molecule has 0 spiro atoms. The van der Waals surface area contributed by atoms with Gasteiger partial charge in [-0.1, -0.05) is 41.3 Å². The highest BCUT2D eigenvalue weighted by Crippen LogP contribution is 2.39. The smallest absolute Gasteiger partial charge is 0.233 e. The summed E-state index contributed by atoms with van der Waals surface area (Å²) in [5.41, 5.74) is 1.91. The molecule has 1 aromatic heterocycles. The first-order chi connectivity index (χ1) is 16.2. The van der Waals surface area contributed by atoms with Crippen molar-refractivity contribution in [3.05, 3.63) is 48.0 Å². The van der Waals surface area contributed by atoms with Crippen LogP contribution in [0.1, 0.15) is 24.4 Å². The van der Waals surface area contributed by atoms with Crippen molar-refractivity contribution in [3.63, 3.8) is 0 Å². The molecule has 1 unspecified atom stereocenters. The van der Waals surface area contributed by atoms with Crippen molar-refractivity contribution in [1.82, 2.24) is 15.1 Å². The zero-order valence-corrected chi connectivity index (χ0v) is 19.8. The number of ether oxygens (including phenoxy) is 3. The summed E-state index contributed by atoms with van der Waals surface area (Å²) in [5, 5.41) is 12.3. The molecule has 3 aromatic rings. The Labute approximate surface area is 200 Å². The first-order valence-corrected chi connectivity index (χ1v) is 12.6. The van der Waals surface area contributed by atoms with Crippen LogP contribution in [0.4, 0.5) is 10.8 Å². The van der Waals surface area contributed by atoms with E-state index in [2.05, 4.69) is 15.5 Å². The van der Waals surface area contributed by atoms with Crippen LogP contribution in [-0.4, -0.2) is 53.6 Å². The summed E-state index contributed by atoms with van der Waals surface area (Å²) in [6.07, 6.45) is 1.93. The Morgan fingerprint density at radius 2 is 2.06 bits per heavy atom. The lowest BCUT2D eigenvalue weighted by atomic mass is 10.0. The predicted molar refractivity (Wildman–Crippen MR) is 128 cm³/mol. The van der Waals surface area contributed by atoms with Crippen LogP contribution in [0.15, 0.2) is 46.8 Å². The van der Waals surface area contributed by atoms with Crippen LogP contribution >= 0.6 is 23.1 Å². The number of benzene rings is 2. The first kappa shape index (κ1) is 21.8. The lowest BCUT2D eigenvalue weighted by Crippen LogP contribution is -2.32. The Balaban J connectivity index is 1.20. The third-order valence-electron chi connectivity index (χ3n) is 5.60. The normalized spacial score (nSPS) is 17.1. The second kappa shape index (κ2) is 9.88. The summed E-state index contributed by atoms with van der Waals surface area (Å²) < 4.78 is 17.5. The minimum atomic E-state index is 0.0612. The molecule has 8 nitrogen and oxygen atoms in total. The number of aromatic nitrogens is 2. The molecular formula is C23H24N4O4S2. The van der Waals surface area contributed by atoms with Crippen LogP contribution in [0, 0.1) is 0 Å². The summed E-state index contributed by atoms with van der Waals surface area (Å²) in [5.74, 6) is 2.69. The Morgan fingerprint density at radius 3 is 2.94 bits per heavy atom. The third kappa shape index (κ3) is 4.86. The van der Waals surface area contributed by atoms with Gasteiger partial charge >= 0.3 is 0 Å². The van der Waals surface area contributed by atoms with Crippen molar-refractivity contribution >= 4 is 39.8 Å². The van der Waals surface area contributed by atoms with Crippen LogP contribution in [0.2, 0.25) is 0 Å². The van der Waals surface area contributed by atoms with Crippen molar-refractivity contribution in [1.29, 1.82) is 0 Å². The molecule has 1 saturated heterocycles. The van der Waals surface area contributed by atoms with E-state index in [1.165, 1.54) is 23.1 Å². The molecule has 172 valence electrons. The number of nitrogens with one attached hydrogen (secondary N) is 1. The van der Waals surface area contributed by atoms with Crippen LogP contribution in [0.25, 0.3) is 0 Å². The lowest BCUT2D eigenvalue weighted by molar-refractivity contribution is -0.129. The summed E-state index contributed by atoms with van der Waals surface area (Å²) in [6, 6.07) is 13.7. The molecule has 1 atom stereocenters. The lowest BCUT2D eigenvalue weighted by Gasteiger charge is -2.26. The predicted octanol–water partition coefficient (Wildman–Crippen LogP) is 4.52. The van der Waals surface area contributed by atoms with Gasteiger partial charge in [0.1, 0.15) is 19.0 Å². The number of anilines is 2. The van der Waals surface area contributed by atoms with Gasteiger partial charge in [0, 0.05) is 6.54 Å². The van der Waals surface area contributed by atoms with E-state index in [0.29, 0.717) is 24.1 Å². The average Bonchev–Trinajstić information content (AvgIpc) is 3.52. The van der Waals surface area contributed by atoms with E-state index in [0.717, 1.165) is 52.2 Å². The van der Waals surface area contributed by atoms with Crippen LogP contribution in [0.3, 0.4) is 0 Å². The monoisotopic (exact) mass is 484 g/mol. The highest BCUT2D eigenvalue weighted by atomic mass is 32.2. The number of rotatable bonds is 7. The fraction of sp³-hybridized carbons (Fsp3) is 0.348. The first-order valence-electron chi connectivity index (χ1n) is 10.8. The Kier molecular flexibility index (Phi) is 6.54. The molecular weight excluding hydrogens is 460 g/mol. The highest BCUT2D eigenvalue weighted by Gasteiger charge is 2.31. The van der Waals surface area contributed by atoms with Crippen LogP contribution < -0.4 is 19.5 Å². The Bertz CT molecular complexity index is 1140. The molecule has 0 saturated carbocycles. The maximum absolute atomic E-state index is 13.0. The minimum absolute atomic E-state index is 0.0612. The summed E-state index contributed by atoms with van der Waals surface area (Å²) >= 11 is 2.83. The van der Waals surface area contributed by atoms with Crippen molar-refractivity contribution < 1.29 is 19.0 Å². The number of methoxy groups -OCH3 is 1. The van der Waals surface area contributed by atoms with Gasteiger partial charge in [0.2, 0.25) is 11.0 Å². The van der Waals surface area contributed by atoms with Crippen molar-refractivity contribution in [2.75, 3.05) is 37.9 Å². The number of carbonyl (C=O) groups excluding carboxylic acids is 1. The molecule has 33 heavy (non-hydrogen) atoms. The molecule has 1 amide bonds. The molecule has 2 aromatic carbocycles. The topological polar surface area (TPSA) is 85.8 Å². The molecule has 0 aliphatic carbocycles. The number of para-hydroxylation sites is 2. The van der Waals surface area contributed by atoms with Crippen LogP contribution in [0.5, 0.6) is 17.2 Å². The fourth-order valence-electron chi connectivity index (χ4n) is 4.07. The highest BCUT2D eigenvalue weighted by molar-refractivity contribution is 8.01. The van der Waals surface area contributed by atoms with E-state index in [9.17, 15) is 4.79 Å². The standard InChI is InChI=1S/C23H24N4O4S2/c1-29-18-7-3-2-5-16(18)24-22-25-26-23(33-22)32-14-21(28)27-10-4-6-17(27)15-8-9-19-20(13-15)31-12-11-30-19/h2-3,5,7-9,13,17H,4,6,10-12,14H2,1H3,(H,24,25). The van der Waals surface area contributed by atoms with Gasteiger partial charge in [-0.25, -0.2) is 0 Å². The minimum Gasteiger partial charge on any atom is -0.495 e. The van der Waals surface area contributed by atoms with Gasteiger partial charge < -0.3 is 24.4 Å². The van der Waals surface area contributed by atoms with Gasteiger partial charge in [0.25, 0.3) is 0 Å². The third-order valence-corrected chi connectivity index (χ3v) is 7.56. The van der Waals surface area contributed by atoms with E-state index in [-0.39, 0.29) is 11.9 Å². The molecule has 2 aliphatic rings. The quantitative estimate of drug-likeness (QED) is 0.490. The maximum atomic E-state index is 13.0. The van der Waals surface area contributed by atoms with E-state index in [4.69, 9.17) is 14.2 Å². The molecule has 1 fully saturated rings. The molecule has 3 heterocycles. The molecule has 0 radical (unpaired) electrons. The number of fused-ring (bicyclic) bond motifs is 1. The number of carbonyl (C=O) groups is 1. The average molecular weight is 485 g/mol. The largest absolute Gasteiger partial charge is 0.495 e. The molecule has 10 heteroatoms. The van der Waals surface area contributed by atoms with Crippen LogP contribution in [-0.2, 0) is 4.79 Å². The van der Waals surface area contributed by atoms with E-state index in [1.54, 1.807) is 7.11 Å². The van der Waals surface area contributed by atoms with Crippen molar-refractivity contribution in [3.8, 4) is 17.2 Å². The fourth-order valence-corrected chi connectivity index (χ4v) is 5.72. The van der Waals surface area contributed by atoms with Crippen molar-refractivity contribution in [2.45, 2.75) is 23.2 Å². The molecule has 5 rings (SSSR count). The SMILES string of the molecule is COc1ccccc1Nc1nnc(SCC(=O)N2CCCC2c2ccc3c(c2)OCCO3)s1. The second-order valence-electron chi connectivity index (χ2n) is 7.64. The summed E-state index contributed by atoms with van der Waals surface area (Å²) in [4.78, 5) is 15.0. The van der Waals surface area contributed by atoms with Gasteiger partial charge in [-0.05, 0) is 42.7 Å². The molecule has 1 N–H and O–H groups in total. The summed E-state index contributed by atoms with van der Waals surface area (Å²) in [6.45, 7) is 1.88. The van der Waals surface area contributed by atoms with E-state index in [1.807, 2.05) is 47.4 Å². The molecule has 0 bridgehead atoms.